The van der Waals surface area contributed by atoms with Gasteiger partial charge in [-0.15, -0.1) is 0 Å². The molecule has 0 bridgehead atoms. The van der Waals surface area contributed by atoms with Crippen LogP contribution in [0.3, 0.4) is 0 Å². The van der Waals surface area contributed by atoms with Crippen molar-refractivity contribution < 1.29 is 13.9 Å². The lowest BCUT2D eigenvalue weighted by atomic mass is 10.1. The summed E-state index contributed by atoms with van der Waals surface area (Å²) >= 11 is 0. The molecule has 1 fully saturated rings. The largest absolute Gasteiger partial charge is 0.480 e. The Morgan fingerprint density at radius 2 is 2.07 bits per heavy atom. The number of hydrogen-bond acceptors (Lipinski definition) is 6. The summed E-state index contributed by atoms with van der Waals surface area (Å²) < 4.78 is 25.5. The van der Waals surface area contributed by atoms with E-state index in [-0.39, 0.29) is 12.5 Å². The lowest BCUT2D eigenvalue weighted by Crippen LogP contribution is -2.18. The third kappa shape index (κ3) is 3.91. The number of methoxy groups -OCH3 is 1. The number of nitrogens with zero attached hydrogens (tertiary/aromatic N) is 4. The van der Waals surface area contributed by atoms with Gasteiger partial charge in [-0.3, -0.25) is 0 Å². The molecule has 1 aliphatic rings. The molecule has 1 saturated carbocycles. The van der Waals surface area contributed by atoms with E-state index in [0.29, 0.717) is 28.7 Å². The van der Waals surface area contributed by atoms with Crippen LogP contribution in [0, 0.1) is 6.54 Å². The standard InChI is InChI=1S/C20H23FN5O2/c1-26(2)10-12(21)8-13-4-7-15-16(9-22-18(15)25-13)17-19(27-3)23-11-24-20(17)28-14-5-6-14/h4,7,9-12,14H,5-6,8H2,1-3H3,(H,22,25). The summed E-state index contributed by atoms with van der Waals surface area (Å²) in [5.41, 5.74) is 2.89. The Bertz CT molecular complexity index is 970. The molecule has 0 aliphatic heterocycles. The molecule has 1 radical (unpaired) electrons. The maximum absolute atomic E-state index is 14.1. The third-order valence-electron chi connectivity index (χ3n) is 4.50. The van der Waals surface area contributed by atoms with Gasteiger partial charge in [-0.05, 0) is 39.1 Å². The van der Waals surface area contributed by atoms with E-state index in [9.17, 15) is 4.39 Å². The fourth-order valence-electron chi connectivity index (χ4n) is 3.11. The molecule has 1 aliphatic carbocycles. The first kappa shape index (κ1) is 18.6. The Labute approximate surface area is 162 Å². The third-order valence-corrected chi connectivity index (χ3v) is 4.50. The molecule has 4 rings (SSSR count). The molecule has 0 aromatic carbocycles. The van der Waals surface area contributed by atoms with Crippen LogP contribution in [-0.2, 0) is 6.42 Å². The van der Waals surface area contributed by atoms with Crippen molar-refractivity contribution in [1.29, 1.82) is 0 Å². The number of halogens is 1. The minimum Gasteiger partial charge on any atom is -0.480 e. The molecule has 28 heavy (non-hydrogen) atoms. The first-order valence-electron chi connectivity index (χ1n) is 9.23. The van der Waals surface area contributed by atoms with Crippen molar-refractivity contribution in [2.45, 2.75) is 31.5 Å². The number of hydrogen-bond donors (Lipinski definition) is 1. The van der Waals surface area contributed by atoms with Crippen LogP contribution in [0.4, 0.5) is 4.39 Å². The summed E-state index contributed by atoms with van der Waals surface area (Å²) in [5, 5.41) is 0.879. The van der Waals surface area contributed by atoms with Crippen LogP contribution in [0.25, 0.3) is 22.2 Å². The zero-order chi connectivity index (χ0) is 19.7. The van der Waals surface area contributed by atoms with Crippen LogP contribution in [0.2, 0.25) is 0 Å². The molecular weight excluding hydrogens is 361 g/mol. The highest BCUT2D eigenvalue weighted by Crippen LogP contribution is 2.41. The summed E-state index contributed by atoms with van der Waals surface area (Å²) in [4.78, 5) is 18.0. The highest BCUT2D eigenvalue weighted by Gasteiger charge is 2.28. The fourth-order valence-corrected chi connectivity index (χ4v) is 3.11. The second-order valence-electron chi connectivity index (χ2n) is 7.11. The van der Waals surface area contributed by atoms with Crippen LogP contribution in [0.5, 0.6) is 11.8 Å². The van der Waals surface area contributed by atoms with Gasteiger partial charge in [0.15, 0.2) is 0 Å². The zero-order valence-electron chi connectivity index (χ0n) is 16.1. The van der Waals surface area contributed by atoms with Gasteiger partial charge < -0.3 is 19.4 Å². The van der Waals surface area contributed by atoms with E-state index in [4.69, 9.17) is 9.47 Å². The average Bonchev–Trinajstić information content (AvgIpc) is 3.38. The Balaban J connectivity index is 1.69. The van der Waals surface area contributed by atoms with Gasteiger partial charge in [-0.1, -0.05) is 0 Å². The lowest BCUT2D eigenvalue weighted by molar-refractivity contribution is 0.288. The zero-order valence-corrected chi connectivity index (χ0v) is 16.1. The average molecular weight is 384 g/mol. The lowest BCUT2D eigenvalue weighted by Gasteiger charge is -2.13. The quantitative estimate of drug-likeness (QED) is 0.643. The Morgan fingerprint density at radius 1 is 1.29 bits per heavy atom. The van der Waals surface area contributed by atoms with Crippen molar-refractivity contribution in [3.05, 3.63) is 36.9 Å². The highest BCUT2D eigenvalue weighted by molar-refractivity contribution is 5.96. The van der Waals surface area contributed by atoms with E-state index in [1.165, 1.54) is 12.9 Å². The summed E-state index contributed by atoms with van der Waals surface area (Å²) in [6, 6.07) is 3.77. The number of alkyl halides is 1. The summed E-state index contributed by atoms with van der Waals surface area (Å²) in [5.74, 6) is 0.948. The second kappa shape index (κ2) is 7.71. The van der Waals surface area contributed by atoms with Crippen molar-refractivity contribution in [2.24, 2.45) is 0 Å². The van der Waals surface area contributed by atoms with Gasteiger partial charge in [0.2, 0.25) is 11.8 Å². The molecule has 1 atom stereocenters. The van der Waals surface area contributed by atoms with Gasteiger partial charge in [0, 0.05) is 29.3 Å². The topological polar surface area (TPSA) is 76.2 Å². The molecular formula is C20H23FN5O2. The Hall–Kier alpha value is -2.74. The molecule has 0 saturated heterocycles. The normalized spacial score (nSPS) is 15.2. The molecule has 7 nitrogen and oxygen atoms in total. The van der Waals surface area contributed by atoms with Gasteiger partial charge in [-0.2, -0.15) is 0 Å². The molecule has 8 heteroatoms. The van der Waals surface area contributed by atoms with E-state index in [1.54, 1.807) is 26.1 Å². The van der Waals surface area contributed by atoms with Gasteiger partial charge in [0.05, 0.1) is 13.7 Å². The number of aromatic amines is 1. The number of pyridine rings is 1. The minimum atomic E-state index is -1.09. The van der Waals surface area contributed by atoms with Gasteiger partial charge in [0.1, 0.15) is 29.8 Å². The van der Waals surface area contributed by atoms with Crippen molar-refractivity contribution >= 4 is 11.0 Å². The second-order valence-corrected chi connectivity index (χ2v) is 7.11. The number of fused-ring (bicyclic) bond motifs is 1. The molecule has 147 valence electrons. The van der Waals surface area contributed by atoms with Crippen LogP contribution < -0.4 is 9.47 Å². The fraction of sp³-hybridized carbons (Fsp3) is 0.400. The van der Waals surface area contributed by atoms with Crippen molar-refractivity contribution in [3.63, 3.8) is 0 Å². The Morgan fingerprint density at radius 3 is 2.79 bits per heavy atom. The molecule has 1 unspecified atom stereocenters. The smallest absolute Gasteiger partial charge is 0.228 e. The van der Waals surface area contributed by atoms with Gasteiger partial charge in [-0.25, -0.2) is 19.3 Å². The molecule has 0 amide bonds. The van der Waals surface area contributed by atoms with Crippen LogP contribution in [0.1, 0.15) is 18.5 Å². The summed E-state index contributed by atoms with van der Waals surface area (Å²) in [7, 11) is 5.18. The molecule has 0 spiro atoms. The van der Waals surface area contributed by atoms with Crippen LogP contribution in [-0.4, -0.2) is 58.3 Å². The SMILES string of the molecule is COc1ncnc(OC2CC2)c1-c1c[nH]c2nc(CC(F)[CH]N(C)C)ccc12. The van der Waals surface area contributed by atoms with E-state index in [2.05, 4.69) is 19.9 Å². The maximum Gasteiger partial charge on any atom is 0.228 e. The Kier molecular flexibility index (Phi) is 5.13. The monoisotopic (exact) mass is 384 g/mol. The van der Waals surface area contributed by atoms with E-state index in [0.717, 1.165) is 23.8 Å². The minimum absolute atomic E-state index is 0.197. The number of nitrogens with one attached hydrogen (secondary N) is 1. The highest BCUT2D eigenvalue weighted by atomic mass is 19.1. The van der Waals surface area contributed by atoms with E-state index in [1.807, 2.05) is 18.3 Å². The number of rotatable bonds is 8. The van der Waals surface area contributed by atoms with E-state index >= 15 is 0 Å². The number of aromatic nitrogens is 4. The van der Waals surface area contributed by atoms with E-state index < -0.39 is 6.17 Å². The maximum atomic E-state index is 14.1. The first-order chi connectivity index (χ1) is 13.5. The van der Waals surface area contributed by atoms with Crippen molar-refractivity contribution in [2.75, 3.05) is 21.2 Å². The number of H-pyrrole nitrogens is 1. The molecule has 1 N–H and O–H groups in total. The van der Waals surface area contributed by atoms with Gasteiger partial charge in [0.25, 0.3) is 0 Å². The molecule has 3 aromatic heterocycles. The van der Waals surface area contributed by atoms with Crippen molar-refractivity contribution in [3.8, 4) is 22.9 Å². The first-order valence-corrected chi connectivity index (χ1v) is 9.23. The van der Waals surface area contributed by atoms with Gasteiger partial charge >= 0.3 is 0 Å². The van der Waals surface area contributed by atoms with Crippen molar-refractivity contribution in [1.82, 2.24) is 24.8 Å². The summed E-state index contributed by atoms with van der Waals surface area (Å²) in [6.45, 7) is 1.53. The van der Waals surface area contributed by atoms with Crippen LogP contribution in [0.15, 0.2) is 24.7 Å². The molecule has 3 aromatic rings. The van der Waals surface area contributed by atoms with Crippen LogP contribution >= 0.6 is 0 Å². The predicted octanol–water partition coefficient (Wildman–Crippen LogP) is 3.17. The summed E-state index contributed by atoms with van der Waals surface area (Å²) in [6.07, 6.45) is 4.65. The molecule has 3 heterocycles. The predicted molar refractivity (Wildman–Crippen MR) is 104 cm³/mol. The number of ether oxygens (including phenoxy) is 2.